The molecule has 2 unspecified atom stereocenters. The Hall–Kier alpha value is -3.40. The van der Waals surface area contributed by atoms with Crippen molar-refractivity contribution in [3.8, 4) is 22.4 Å². The Morgan fingerprint density at radius 2 is 2.09 bits per heavy atom. The number of anilines is 1. The summed E-state index contributed by atoms with van der Waals surface area (Å²) in [6.45, 7) is 5.92. The van der Waals surface area contributed by atoms with Crippen molar-refractivity contribution >= 4 is 11.7 Å². The Bertz CT molecular complexity index is 1260. The number of nitrogen functional groups attached to an aromatic ring is 1. The second kappa shape index (κ2) is 8.43. The van der Waals surface area contributed by atoms with Crippen LogP contribution in [0.15, 0.2) is 30.6 Å². The first-order chi connectivity index (χ1) is 16.2. The van der Waals surface area contributed by atoms with E-state index in [0.29, 0.717) is 6.54 Å². The topological polar surface area (TPSA) is 111 Å². The van der Waals surface area contributed by atoms with E-state index < -0.39 is 23.9 Å². The number of halogens is 2. The average molecular weight is 468 g/mol. The summed E-state index contributed by atoms with van der Waals surface area (Å²) in [5, 5.41) is 10.2. The van der Waals surface area contributed by atoms with Crippen molar-refractivity contribution in [2.45, 2.75) is 45.4 Å². The number of nitrogens with zero attached hydrogens (tertiary/aromatic N) is 4. The van der Waals surface area contributed by atoms with Gasteiger partial charge in [-0.1, -0.05) is 19.9 Å². The molecule has 34 heavy (non-hydrogen) atoms. The fourth-order valence-electron chi connectivity index (χ4n) is 4.73. The number of carbonyl (C=O) groups is 1. The molecule has 2 aromatic heterocycles. The molecule has 0 radical (unpaired) electrons. The molecule has 10 heteroatoms. The fourth-order valence-corrected chi connectivity index (χ4v) is 4.73. The highest BCUT2D eigenvalue weighted by Crippen LogP contribution is 2.38. The second-order valence-electron chi connectivity index (χ2n) is 9.85. The molecule has 8 nitrogen and oxygen atoms in total. The number of nitrogens with one attached hydrogen (secondary N) is 2. The molecule has 178 valence electrons. The molecule has 0 saturated carbocycles. The first-order valence-electron chi connectivity index (χ1n) is 11.3. The SMILES string of the molecule is CC1(C)Cc2c(-c3ccc(F)c(-c4cnc(N)c(C(=O)NC5CNCC(F)C5)n4)c3)cnn2C1. The van der Waals surface area contributed by atoms with Crippen LogP contribution in [0, 0.1) is 11.2 Å². The van der Waals surface area contributed by atoms with Crippen LogP contribution in [0.3, 0.4) is 0 Å². The van der Waals surface area contributed by atoms with Crippen molar-refractivity contribution in [1.82, 2.24) is 30.4 Å². The van der Waals surface area contributed by atoms with Crippen LogP contribution in [0.5, 0.6) is 0 Å². The van der Waals surface area contributed by atoms with Gasteiger partial charge in [-0.05, 0) is 29.5 Å². The summed E-state index contributed by atoms with van der Waals surface area (Å²) >= 11 is 0. The van der Waals surface area contributed by atoms with Crippen molar-refractivity contribution in [1.29, 1.82) is 0 Å². The van der Waals surface area contributed by atoms with Gasteiger partial charge >= 0.3 is 0 Å². The number of nitrogens with two attached hydrogens (primary N) is 1. The molecule has 2 atom stereocenters. The van der Waals surface area contributed by atoms with Gasteiger partial charge in [-0.25, -0.2) is 18.7 Å². The molecular formula is C24H27F2N7O. The Morgan fingerprint density at radius 1 is 1.26 bits per heavy atom. The Labute approximate surface area is 196 Å². The first kappa shape index (κ1) is 22.4. The normalized spacial score (nSPS) is 21.3. The van der Waals surface area contributed by atoms with Gasteiger partial charge < -0.3 is 16.4 Å². The van der Waals surface area contributed by atoms with Crippen LogP contribution in [0.2, 0.25) is 0 Å². The average Bonchev–Trinajstić information content (AvgIpc) is 3.29. The number of aromatic nitrogens is 4. The van der Waals surface area contributed by atoms with Gasteiger partial charge in [-0.2, -0.15) is 5.10 Å². The molecule has 3 aromatic rings. The molecule has 0 spiro atoms. The van der Waals surface area contributed by atoms with E-state index in [1.165, 1.54) is 12.3 Å². The van der Waals surface area contributed by atoms with Gasteiger partial charge in [0.05, 0.1) is 18.1 Å². The lowest BCUT2D eigenvalue weighted by Gasteiger charge is -2.26. The minimum atomic E-state index is -1.04. The van der Waals surface area contributed by atoms with Crippen LogP contribution in [-0.4, -0.2) is 51.0 Å². The maximum absolute atomic E-state index is 14.9. The number of carbonyl (C=O) groups excluding carboxylic acids is 1. The zero-order chi connectivity index (χ0) is 24.0. The highest BCUT2D eigenvalue weighted by atomic mass is 19.1. The van der Waals surface area contributed by atoms with E-state index in [2.05, 4.69) is 39.5 Å². The van der Waals surface area contributed by atoms with Crippen LogP contribution in [0.1, 0.15) is 36.5 Å². The zero-order valence-corrected chi connectivity index (χ0v) is 19.1. The lowest BCUT2D eigenvalue weighted by atomic mass is 9.89. The number of hydrogen-bond acceptors (Lipinski definition) is 6. The standard InChI is InChI=1S/C24H27F2N7O/c1-24(2)7-20-17(10-30-33(20)12-24)13-3-4-18(26)16(5-13)19-11-29-22(27)21(32-19)23(34)31-15-6-14(25)8-28-9-15/h3-5,10-11,14-15,28H,6-9,12H2,1-2H3,(H2,27,29)(H,31,34). The van der Waals surface area contributed by atoms with Gasteiger partial charge in [0.1, 0.15) is 12.0 Å². The minimum Gasteiger partial charge on any atom is -0.382 e. The van der Waals surface area contributed by atoms with E-state index in [4.69, 9.17) is 5.73 Å². The fraction of sp³-hybridized carbons (Fsp3) is 0.417. The lowest BCUT2D eigenvalue weighted by Crippen LogP contribution is -2.49. The van der Waals surface area contributed by atoms with Crippen molar-refractivity contribution < 1.29 is 13.6 Å². The maximum Gasteiger partial charge on any atom is 0.274 e. The smallest absolute Gasteiger partial charge is 0.274 e. The summed E-state index contributed by atoms with van der Waals surface area (Å²) in [5.41, 5.74) is 9.16. The molecule has 5 rings (SSSR count). The molecule has 1 saturated heterocycles. The minimum absolute atomic E-state index is 0.0740. The van der Waals surface area contributed by atoms with Crippen LogP contribution in [0.4, 0.5) is 14.6 Å². The van der Waals surface area contributed by atoms with Crippen molar-refractivity contribution in [3.05, 3.63) is 47.8 Å². The number of piperidine rings is 1. The van der Waals surface area contributed by atoms with Crippen LogP contribution < -0.4 is 16.4 Å². The van der Waals surface area contributed by atoms with Gasteiger partial charge in [-0.15, -0.1) is 0 Å². The number of alkyl halides is 1. The van der Waals surface area contributed by atoms with Crippen molar-refractivity contribution in [2.75, 3.05) is 18.8 Å². The lowest BCUT2D eigenvalue weighted by molar-refractivity contribution is 0.0914. The summed E-state index contributed by atoms with van der Waals surface area (Å²) in [6.07, 6.45) is 3.18. The maximum atomic E-state index is 14.9. The molecule has 0 bridgehead atoms. The molecule has 1 amide bonds. The van der Waals surface area contributed by atoms with Gasteiger partial charge in [0.25, 0.3) is 5.91 Å². The first-order valence-corrected chi connectivity index (χ1v) is 11.3. The Kier molecular flexibility index (Phi) is 5.55. The number of rotatable bonds is 4. The molecule has 0 aliphatic carbocycles. The largest absolute Gasteiger partial charge is 0.382 e. The number of fused-ring (bicyclic) bond motifs is 1. The van der Waals surface area contributed by atoms with Gasteiger partial charge in [-0.3, -0.25) is 9.48 Å². The van der Waals surface area contributed by atoms with E-state index >= 15 is 0 Å². The van der Waals surface area contributed by atoms with Crippen LogP contribution in [0.25, 0.3) is 22.4 Å². The third kappa shape index (κ3) is 4.25. The molecule has 4 heterocycles. The summed E-state index contributed by atoms with van der Waals surface area (Å²) in [4.78, 5) is 21.2. The third-order valence-corrected chi connectivity index (χ3v) is 6.37. The highest BCUT2D eigenvalue weighted by Gasteiger charge is 2.32. The Balaban J connectivity index is 1.45. The summed E-state index contributed by atoms with van der Waals surface area (Å²) in [6, 6.07) is 4.39. The summed E-state index contributed by atoms with van der Waals surface area (Å²) in [7, 11) is 0. The molecule has 1 fully saturated rings. The van der Waals surface area contributed by atoms with E-state index in [9.17, 15) is 13.6 Å². The van der Waals surface area contributed by atoms with Crippen molar-refractivity contribution in [3.63, 3.8) is 0 Å². The van der Waals surface area contributed by atoms with E-state index in [-0.39, 0.29) is 41.1 Å². The zero-order valence-electron chi connectivity index (χ0n) is 19.1. The van der Waals surface area contributed by atoms with E-state index in [1.54, 1.807) is 18.3 Å². The highest BCUT2D eigenvalue weighted by molar-refractivity contribution is 5.97. The molecule has 1 aromatic carbocycles. The van der Waals surface area contributed by atoms with Crippen molar-refractivity contribution in [2.24, 2.45) is 5.41 Å². The predicted octanol–water partition coefficient (Wildman–Crippen LogP) is 2.74. The van der Waals surface area contributed by atoms with Gasteiger partial charge in [0.15, 0.2) is 11.5 Å². The number of amides is 1. The quantitative estimate of drug-likeness (QED) is 0.544. The van der Waals surface area contributed by atoms with Crippen LogP contribution >= 0.6 is 0 Å². The third-order valence-electron chi connectivity index (χ3n) is 6.37. The van der Waals surface area contributed by atoms with E-state index in [0.717, 1.165) is 29.8 Å². The predicted molar refractivity (Wildman–Crippen MR) is 124 cm³/mol. The van der Waals surface area contributed by atoms with E-state index in [1.807, 2.05) is 4.68 Å². The summed E-state index contributed by atoms with van der Waals surface area (Å²) in [5.74, 6) is -1.13. The molecule has 2 aliphatic rings. The summed E-state index contributed by atoms with van der Waals surface area (Å²) < 4.78 is 30.5. The van der Waals surface area contributed by atoms with Gasteiger partial charge in [0.2, 0.25) is 0 Å². The molecule has 2 aliphatic heterocycles. The number of benzene rings is 1. The number of hydrogen-bond donors (Lipinski definition) is 3. The van der Waals surface area contributed by atoms with Gasteiger partial charge in [0, 0.05) is 48.9 Å². The molecule has 4 N–H and O–H groups in total. The second-order valence-corrected chi connectivity index (χ2v) is 9.85. The monoisotopic (exact) mass is 467 g/mol. The van der Waals surface area contributed by atoms with Crippen LogP contribution in [-0.2, 0) is 13.0 Å². The molecular weight excluding hydrogens is 440 g/mol. The Morgan fingerprint density at radius 3 is 2.88 bits per heavy atom.